The molecule has 0 radical (unpaired) electrons. The Kier molecular flexibility index (Phi) is 5.20. The summed E-state index contributed by atoms with van der Waals surface area (Å²) in [6.07, 6.45) is -0.538. The fourth-order valence-corrected chi connectivity index (χ4v) is 3.98. The molecule has 2 heterocycles. The van der Waals surface area contributed by atoms with Gasteiger partial charge in [-0.1, -0.05) is 18.2 Å². The Morgan fingerprint density at radius 1 is 1.04 bits per heavy atom. The number of benzene rings is 2. The number of nitrogens with zero attached hydrogens (tertiary/aromatic N) is 2. The molecule has 3 aromatic rings. The fraction of sp³-hybridized carbons (Fsp3) is 0.348. The van der Waals surface area contributed by atoms with Crippen molar-refractivity contribution in [1.82, 2.24) is 9.88 Å². The first-order chi connectivity index (χ1) is 13.5. The van der Waals surface area contributed by atoms with Crippen LogP contribution in [0.2, 0.25) is 0 Å². The lowest BCUT2D eigenvalue weighted by molar-refractivity contribution is 0.109. The molecule has 1 aromatic heterocycles. The molecule has 1 saturated heterocycles. The van der Waals surface area contributed by atoms with Crippen LogP contribution in [-0.2, 0) is 0 Å². The van der Waals surface area contributed by atoms with Gasteiger partial charge in [-0.05, 0) is 60.2 Å². The molecule has 1 unspecified atom stereocenters. The minimum absolute atomic E-state index is 0.109. The van der Waals surface area contributed by atoms with Crippen LogP contribution in [0.25, 0.3) is 10.9 Å². The number of piperazine rings is 1. The van der Waals surface area contributed by atoms with E-state index in [4.69, 9.17) is 0 Å². The van der Waals surface area contributed by atoms with Gasteiger partial charge in [-0.2, -0.15) is 0 Å². The molecule has 4 rings (SSSR count). The van der Waals surface area contributed by atoms with E-state index in [1.807, 2.05) is 18.2 Å². The Morgan fingerprint density at radius 3 is 2.61 bits per heavy atom. The molecule has 0 spiro atoms. The average Bonchev–Trinajstić information content (AvgIpc) is 2.70. The highest BCUT2D eigenvalue weighted by Crippen LogP contribution is 2.25. The summed E-state index contributed by atoms with van der Waals surface area (Å²) in [5, 5.41) is 11.7. The van der Waals surface area contributed by atoms with E-state index in [0.29, 0.717) is 6.54 Å². The fourth-order valence-electron chi connectivity index (χ4n) is 3.98. The van der Waals surface area contributed by atoms with Crippen LogP contribution in [-0.4, -0.2) is 47.7 Å². The molecule has 0 saturated carbocycles. The molecule has 2 aromatic carbocycles. The number of hydrogen-bond acceptors (Lipinski definition) is 4. The number of aliphatic hydroxyl groups excluding tert-OH is 1. The van der Waals surface area contributed by atoms with Crippen LogP contribution in [0.1, 0.15) is 22.8 Å². The van der Waals surface area contributed by atoms with Crippen molar-refractivity contribution >= 4 is 16.6 Å². The minimum Gasteiger partial charge on any atom is -0.387 e. The van der Waals surface area contributed by atoms with Crippen LogP contribution in [0.5, 0.6) is 0 Å². The van der Waals surface area contributed by atoms with Gasteiger partial charge in [0.05, 0.1) is 6.10 Å². The predicted octanol–water partition coefficient (Wildman–Crippen LogP) is 3.00. The van der Waals surface area contributed by atoms with Crippen LogP contribution in [0.3, 0.4) is 0 Å². The van der Waals surface area contributed by atoms with E-state index in [9.17, 15) is 9.90 Å². The number of aromatic nitrogens is 1. The molecule has 0 aliphatic carbocycles. The largest absolute Gasteiger partial charge is 0.387 e. The number of aliphatic hydroxyl groups is 1. The standard InChI is InChI=1S/C23H27N3O2/c1-16-4-3-5-21(17(16)2)26-12-10-25(11-13-26)15-22(27)19-6-8-20-18(14-19)7-9-23(28)24-20/h3-9,14,22,27H,10-13,15H2,1-2H3,(H,24,28). The molecular weight excluding hydrogens is 350 g/mol. The summed E-state index contributed by atoms with van der Waals surface area (Å²) in [6.45, 7) is 8.77. The summed E-state index contributed by atoms with van der Waals surface area (Å²) >= 11 is 0. The zero-order valence-electron chi connectivity index (χ0n) is 16.5. The predicted molar refractivity (Wildman–Crippen MR) is 114 cm³/mol. The van der Waals surface area contributed by atoms with Gasteiger partial charge >= 0.3 is 0 Å². The van der Waals surface area contributed by atoms with Gasteiger partial charge in [-0.15, -0.1) is 0 Å². The molecule has 2 N–H and O–H groups in total. The maximum Gasteiger partial charge on any atom is 0.248 e. The lowest BCUT2D eigenvalue weighted by Gasteiger charge is -2.37. The van der Waals surface area contributed by atoms with Crippen LogP contribution in [0.15, 0.2) is 53.3 Å². The lowest BCUT2D eigenvalue weighted by Crippen LogP contribution is -2.47. The molecule has 1 aliphatic rings. The number of H-pyrrole nitrogens is 1. The number of pyridine rings is 1. The van der Waals surface area contributed by atoms with Crippen molar-refractivity contribution in [3.05, 3.63) is 75.6 Å². The monoisotopic (exact) mass is 377 g/mol. The number of hydrogen-bond donors (Lipinski definition) is 2. The number of β-amino-alcohol motifs (C(OH)–C–C–N with tert-alkyl or cyclic N) is 1. The van der Waals surface area contributed by atoms with E-state index < -0.39 is 6.10 Å². The van der Waals surface area contributed by atoms with Gasteiger partial charge in [-0.25, -0.2) is 0 Å². The highest BCUT2D eigenvalue weighted by atomic mass is 16.3. The van der Waals surface area contributed by atoms with E-state index in [1.165, 1.54) is 22.9 Å². The van der Waals surface area contributed by atoms with Crippen LogP contribution in [0, 0.1) is 13.8 Å². The third kappa shape index (κ3) is 3.81. The second-order valence-corrected chi connectivity index (χ2v) is 7.69. The van der Waals surface area contributed by atoms with E-state index in [1.54, 1.807) is 6.07 Å². The molecule has 28 heavy (non-hydrogen) atoms. The summed E-state index contributed by atoms with van der Waals surface area (Å²) in [6, 6.07) is 15.5. The molecule has 1 atom stereocenters. The molecule has 0 bridgehead atoms. The Hall–Kier alpha value is -2.63. The van der Waals surface area contributed by atoms with Gasteiger partial charge in [-0.3, -0.25) is 9.69 Å². The van der Waals surface area contributed by atoms with Crippen molar-refractivity contribution in [2.75, 3.05) is 37.6 Å². The number of anilines is 1. The smallest absolute Gasteiger partial charge is 0.248 e. The van der Waals surface area contributed by atoms with Crippen molar-refractivity contribution in [3.8, 4) is 0 Å². The van der Waals surface area contributed by atoms with E-state index in [-0.39, 0.29) is 5.56 Å². The summed E-state index contributed by atoms with van der Waals surface area (Å²) in [5.74, 6) is 0. The van der Waals surface area contributed by atoms with Gasteiger partial charge in [0.1, 0.15) is 0 Å². The van der Waals surface area contributed by atoms with Gasteiger partial charge in [0, 0.05) is 50.0 Å². The number of aromatic amines is 1. The highest BCUT2D eigenvalue weighted by molar-refractivity contribution is 5.79. The van der Waals surface area contributed by atoms with Gasteiger partial charge in [0.15, 0.2) is 0 Å². The van der Waals surface area contributed by atoms with Crippen molar-refractivity contribution in [2.24, 2.45) is 0 Å². The van der Waals surface area contributed by atoms with Crippen LogP contribution >= 0.6 is 0 Å². The first-order valence-electron chi connectivity index (χ1n) is 9.86. The first-order valence-corrected chi connectivity index (χ1v) is 9.86. The highest BCUT2D eigenvalue weighted by Gasteiger charge is 2.21. The topological polar surface area (TPSA) is 59.6 Å². The van der Waals surface area contributed by atoms with Gasteiger partial charge in [0.2, 0.25) is 5.56 Å². The normalized spacial score (nSPS) is 16.5. The third-order valence-corrected chi connectivity index (χ3v) is 5.85. The lowest BCUT2D eigenvalue weighted by atomic mass is 10.0. The molecule has 1 aliphatic heterocycles. The molecule has 1 fully saturated rings. The minimum atomic E-state index is -0.538. The number of fused-ring (bicyclic) bond motifs is 1. The maximum absolute atomic E-state index is 11.4. The van der Waals surface area contributed by atoms with E-state index in [2.05, 4.69) is 46.8 Å². The third-order valence-electron chi connectivity index (χ3n) is 5.85. The second kappa shape index (κ2) is 7.78. The SMILES string of the molecule is Cc1cccc(N2CCN(CC(O)c3ccc4[nH]c(=O)ccc4c3)CC2)c1C. The van der Waals surface area contributed by atoms with E-state index in [0.717, 1.165) is 42.6 Å². The van der Waals surface area contributed by atoms with Crippen molar-refractivity contribution < 1.29 is 5.11 Å². The Balaban J connectivity index is 1.40. The summed E-state index contributed by atoms with van der Waals surface area (Å²) < 4.78 is 0. The van der Waals surface area contributed by atoms with Crippen molar-refractivity contribution in [3.63, 3.8) is 0 Å². The molecule has 5 heteroatoms. The zero-order valence-corrected chi connectivity index (χ0v) is 16.5. The summed E-state index contributed by atoms with van der Waals surface area (Å²) in [7, 11) is 0. The maximum atomic E-state index is 11.4. The Morgan fingerprint density at radius 2 is 1.82 bits per heavy atom. The average molecular weight is 377 g/mol. The van der Waals surface area contributed by atoms with Crippen LogP contribution < -0.4 is 10.5 Å². The quantitative estimate of drug-likeness (QED) is 0.734. The van der Waals surface area contributed by atoms with Crippen LogP contribution in [0.4, 0.5) is 5.69 Å². The van der Waals surface area contributed by atoms with Crippen molar-refractivity contribution in [2.45, 2.75) is 20.0 Å². The Bertz CT molecular complexity index is 1040. The number of rotatable bonds is 4. The number of nitrogens with one attached hydrogen (secondary N) is 1. The molecular formula is C23H27N3O2. The summed E-state index contributed by atoms with van der Waals surface area (Å²) in [4.78, 5) is 19.0. The molecule has 5 nitrogen and oxygen atoms in total. The second-order valence-electron chi connectivity index (χ2n) is 7.69. The number of aryl methyl sites for hydroxylation is 1. The van der Waals surface area contributed by atoms with Gasteiger partial charge < -0.3 is 15.0 Å². The van der Waals surface area contributed by atoms with Crippen molar-refractivity contribution in [1.29, 1.82) is 0 Å². The first kappa shape index (κ1) is 18.7. The molecule has 146 valence electrons. The molecule has 0 amide bonds. The van der Waals surface area contributed by atoms with Gasteiger partial charge in [0.25, 0.3) is 0 Å². The summed E-state index contributed by atoms with van der Waals surface area (Å²) in [5.41, 5.74) is 5.58. The Labute approximate surface area is 165 Å². The van der Waals surface area contributed by atoms with E-state index >= 15 is 0 Å². The zero-order chi connectivity index (χ0) is 19.7.